The van der Waals surface area contributed by atoms with Crippen LogP contribution in [0.3, 0.4) is 0 Å². The largest absolute Gasteiger partial charge is 0.480 e. The minimum absolute atomic E-state index is 0.496. The van der Waals surface area contributed by atoms with E-state index in [1.54, 1.807) is 13.0 Å². The van der Waals surface area contributed by atoms with Gasteiger partial charge in [0.1, 0.15) is 5.75 Å². The van der Waals surface area contributed by atoms with E-state index in [-0.39, 0.29) is 0 Å². The molecule has 0 saturated heterocycles. The number of primary amides is 1. The number of carbonyl (C=O) groups is 1. The number of rotatable bonds is 5. The lowest BCUT2D eigenvalue weighted by molar-refractivity contribution is -0.124. The number of nitrogens with two attached hydrogens (primary N) is 1. The molecular weight excluding hydrogens is 218 g/mol. The smallest absolute Gasteiger partial charge is 0.258 e. The number of aliphatic hydroxyl groups excluding tert-OH is 1. The van der Waals surface area contributed by atoms with Gasteiger partial charge in [-0.15, -0.1) is 0 Å². The first kappa shape index (κ1) is 13.5. The summed E-state index contributed by atoms with van der Waals surface area (Å²) in [6.07, 6.45) is -0.798. The van der Waals surface area contributed by atoms with Crippen LogP contribution >= 0.6 is 0 Å². The van der Waals surface area contributed by atoms with Crippen molar-refractivity contribution >= 4 is 5.91 Å². The highest BCUT2D eigenvalue weighted by Crippen LogP contribution is 2.27. The zero-order valence-electron chi connectivity index (χ0n) is 10.4. The highest BCUT2D eigenvalue weighted by molar-refractivity contribution is 5.79. The SMILES string of the molecule is CCC(Oc1ccc(C)cc1[C@H](C)O)C(N)=O. The summed E-state index contributed by atoms with van der Waals surface area (Å²) in [4.78, 5) is 11.1. The fraction of sp³-hybridized carbons (Fsp3) is 0.462. The van der Waals surface area contributed by atoms with Gasteiger partial charge in [-0.1, -0.05) is 18.6 Å². The van der Waals surface area contributed by atoms with Crippen LogP contribution in [0.25, 0.3) is 0 Å². The molecule has 0 aliphatic heterocycles. The van der Waals surface area contributed by atoms with Gasteiger partial charge in [-0.3, -0.25) is 4.79 Å². The molecule has 0 fully saturated rings. The molecule has 1 amide bonds. The minimum atomic E-state index is -0.657. The average Bonchev–Trinajstić information content (AvgIpc) is 2.26. The molecule has 0 aliphatic rings. The Kier molecular flexibility index (Phi) is 4.52. The number of ether oxygens (including phenoxy) is 1. The summed E-state index contributed by atoms with van der Waals surface area (Å²) in [7, 11) is 0. The molecule has 1 rings (SSSR count). The van der Waals surface area contributed by atoms with E-state index in [1.165, 1.54) is 0 Å². The standard InChI is InChI=1S/C13H19NO3/c1-4-11(13(14)16)17-12-6-5-8(2)7-10(12)9(3)15/h5-7,9,11,15H,4H2,1-3H3,(H2,14,16)/t9-,11?/m0/s1. The second-order valence-corrected chi connectivity index (χ2v) is 4.13. The van der Waals surface area contributed by atoms with Gasteiger partial charge in [0, 0.05) is 5.56 Å². The molecule has 94 valence electrons. The van der Waals surface area contributed by atoms with Gasteiger partial charge in [0.2, 0.25) is 0 Å². The van der Waals surface area contributed by atoms with E-state index in [0.29, 0.717) is 17.7 Å². The Hall–Kier alpha value is -1.55. The van der Waals surface area contributed by atoms with Crippen LogP contribution in [0.2, 0.25) is 0 Å². The number of amides is 1. The Bertz CT molecular complexity index is 402. The predicted octanol–water partition coefficient (Wildman–Crippen LogP) is 1.69. The van der Waals surface area contributed by atoms with Gasteiger partial charge in [-0.05, 0) is 32.4 Å². The molecule has 0 spiro atoms. The van der Waals surface area contributed by atoms with Crippen LogP contribution in [-0.2, 0) is 4.79 Å². The number of hydrogen-bond donors (Lipinski definition) is 2. The molecular formula is C13H19NO3. The van der Waals surface area contributed by atoms with Gasteiger partial charge in [0.25, 0.3) is 5.91 Å². The van der Waals surface area contributed by atoms with E-state index in [0.717, 1.165) is 5.56 Å². The van der Waals surface area contributed by atoms with Crippen LogP contribution in [0.4, 0.5) is 0 Å². The highest BCUT2D eigenvalue weighted by Gasteiger charge is 2.18. The predicted molar refractivity (Wildman–Crippen MR) is 65.7 cm³/mol. The van der Waals surface area contributed by atoms with Crippen LogP contribution in [-0.4, -0.2) is 17.1 Å². The molecule has 0 bridgehead atoms. The van der Waals surface area contributed by atoms with E-state index < -0.39 is 18.1 Å². The molecule has 1 aromatic rings. The molecule has 1 aromatic carbocycles. The highest BCUT2D eigenvalue weighted by atomic mass is 16.5. The minimum Gasteiger partial charge on any atom is -0.480 e. The Morgan fingerprint density at radius 2 is 2.18 bits per heavy atom. The second-order valence-electron chi connectivity index (χ2n) is 4.13. The van der Waals surface area contributed by atoms with Crippen molar-refractivity contribution in [1.29, 1.82) is 0 Å². The summed E-state index contributed by atoms with van der Waals surface area (Å²) in [6.45, 7) is 5.42. The first-order chi connectivity index (χ1) is 7.95. The van der Waals surface area contributed by atoms with Gasteiger partial charge >= 0.3 is 0 Å². The molecule has 2 atom stereocenters. The summed E-state index contributed by atoms with van der Waals surface area (Å²) >= 11 is 0. The molecule has 1 unspecified atom stereocenters. The number of hydrogen-bond acceptors (Lipinski definition) is 3. The van der Waals surface area contributed by atoms with Gasteiger partial charge in [-0.2, -0.15) is 0 Å². The molecule has 4 nitrogen and oxygen atoms in total. The van der Waals surface area contributed by atoms with E-state index in [9.17, 15) is 9.90 Å². The lowest BCUT2D eigenvalue weighted by Crippen LogP contribution is -2.33. The van der Waals surface area contributed by atoms with Crippen LogP contribution in [0.15, 0.2) is 18.2 Å². The molecule has 17 heavy (non-hydrogen) atoms. The number of benzene rings is 1. The monoisotopic (exact) mass is 237 g/mol. The zero-order chi connectivity index (χ0) is 13.0. The second kappa shape index (κ2) is 5.68. The fourth-order valence-electron chi connectivity index (χ4n) is 1.60. The van der Waals surface area contributed by atoms with Gasteiger partial charge in [-0.25, -0.2) is 0 Å². The number of carbonyl (C=O) groups excluding carboxylic acids is 1. The van der Waals surface area contributed by atoms with Gasteiger partial charge in [0.15, 0.2) is 6.10 Å². The Balaban J connectivity index is 3.01. The Morgan fingerprint density at radius 1 is 1.53 bits per heavy atom. The van der Waals surface area contributed by atoms with Crippen LogP contribution in [0.1, 0.15) is 37.5 Å². The normalized spacial score (nSPS) is 14.1. The maximum absolute atomic E-state index is 11.1. The maximum Gasteiger partial charge on any atom is 0.258 e. The van der Waals surface area contributed by atoms with Crippen molar-refractivity contribution in [2.45, 2.75) is 39.4 Å². The summed E-state index contributed by atoms with van der Waals surface area (Å²) < 4.78 is 5.54. The summed E-state index contributed by atoms with van der Waals surface area (Å²) in [5.74, 6) is 0.0147. The summed E-state index contributed by atoms with van der Waals surface area (Å²) in [6, 6.07) is 5.46. The summed E-state index contributed by atoms with van der Waals surface area (Å²) in [5, 5.41) is 9.66. The van der Waals surface area contributed by atoms with Crippen LogP contribution < -0.4 is 10.5 Å². The number of aryl methyl sites for hydroxylation is 1. The average molecular weight is 237 g/mol. The van der Waals surface area contributed by atoms with Crippen molar-refractivity contribution in [2.24, 2.45) is 5.73 Å². The van der Waals surface area contributed by atoms with E-state index in [1.807, 2.05) is 26.0 Å². The van der Waals surface area contributed by atoms with Crippen molar-refractivity contribution in [3.05, 3.63) is 29.3 Å². The van der Waals surface area contributed by atoms with E-state index >= 15 is 0 Å². The topological polar surface area (TPSA) is 72.6 Å². The van der Waals surface area contributed by atoms with Crippen LogP contribution in [0.5, 0.6) is 5.75 Å². The Labute approximate surface area is 101 Å². The molecule has 0 heterocycles. The first-order valence-electron chi connectivity index (χ1n) is 5.70. The third-order valence-corrected chi connectivity index (χ3v) is 2.57. The van der Waals surface area contributed by atoms with Crippen molar-refractivity contribution in [2.75, 3.05) is 0 Å². The Morgan fingerprint density at radius 3 is 2.65 bits per heavy atom. The maximum atomic E-state index is 11.1. The third kappa shape index (κ3) is 3.46. The quantitative estimate of drug-likeness (QED) is 0.818. The molecule has 4 heteroatoms. The third-order valence-electron chi connectivity index (χ3n) is 2.57. The van der Waals surface area contributed by atoms with Crippen molar-refractivity contribution in [1.82, 2.24) is 0 Å². The lowest BCUT2D eigenvalue weighted by atomic mass is 10.1. The van der Waals surface area contributed by atoms with Crippen molar-refractivity contribution in [3.8, 4) is 5.75 Å². The van der Waals surface area contributed by atoms with Crippen LogP contribution in [0, 0.1) is 6.92 Å². The molecule has 3 N–H and O–H groups in total. The van der Waals surface area contributed by atoms with E-state index in [4.69, 9.17) is 10.5 Å². The summed E-state index contributed by atoms with van der Waals surface area (Å²) in [5.41, 5.74) is 6.92. The molecule has 0 aliphatic carbocycles. The zero-order valence-corrected chi connectivity index (χ0v) is 10.4. The molecule has 0 saturated carbocycles. The van der Waals surface area contributed by atoms with Crippen molar-refractivity contribution in [3.63, 3.8) is 0 Å². The lowest BCUT2D eigenvalue weighted by Gasteiger charge is -2.18. The first-order valence-corrected chi connectivity index (χ1v) is 5.70. The van der Waals surface area contributed by atoms with E-state index in [2.05, 4.69) is 0 Å². The van der Waals surface area contributed by atoms with Crippen molar-refractivity contribution < 1.29 is 14.6 Å². The number of aliphatic hydroxyl groups is 1. The van der Waals surface area contributed by atoms with Gasteiger partial charge < -0.3 is 15.6 Å². The van der Waals surface area contributed by atoms with Gasteiger partial charge in [0.05, 0.1) is 6.10 Å². The molecule has 0 aromatic heterocycles. The molecule has 0 radical (unpaired) electrons. The fourth-order valence-corrected chi connectivity index (χ4v) is 1.60.